The summed E-state index contributed by atoms with van der Waals surface area (Å²) in [5.41, 5.74) is 0.877. The first-order valence-corrected chi connectivity index (χ1v) is 5.90. The van der Waals surface area contributed by atoms with Gasteiger partial charge in [-0.15, -0.1) is 0 Å². The molecular formula is C8H13N3O2S. The van der Waals surface area contributed by atoms with Gasteiger partial charge in [-0.25, -0.2) is 13.6 Å². The molecule has 1 aromatic heterocycles. The minimum atomic E-state index is -3.36. The van der Waals surface area contributed by atoms with Crippen LogP contribution in [-0.4, -0.2) is 25.7 Å². The zero-order valence-electron chi connectivity index (χ0n) is 7.68. The Bertz CT molecular complexity index is 363. The fourth-order valence-corrected chi connectivity index (χ4v) is 1.36. The van der Waals surface area contributed by atoms with Gasteiger partial charge in [0.05, 0.1) is 11.4 Å². The molecule has 0 radical (unpaired) electrons. The van der Waals surface area contributed by atoms with Crippen molar-refractivity contribution < 1.29 is 8.42 Å². The first-order valence-electron chi connectivity index (χ1n) is 4.19. The van der Waals surface area contributed by atoms with Crippen LogP contribution in [0.2, 0.25) is 0 Å². The third-order valence-electron chi connectivity index (χ3n) is 1.60. The van der Waals surface area contributed by atoms with Crippen LogP contribution >= 0.6 is 0 Å². The van der Waals surface area contributed by atoms with Gasteiger partial charge in [0.15, 0.2) is 0 Å². The van der Waals surface area contributed by atoms with Gasteiger partial charge in [0.25, 0.3) is 0 Å². The van der Waals surface area contributed by atoms with Crippen molar-refractivity contribution >= 4 is 10.0 Å². The van der Waals surface area contributed by atoms with Gasteiger partial charge in [-0.3, -0.25) is 4.98 Å². The number of hydrogen-bond acceptors (Lipinski definition) is 4. The van der Waals surface area contributed by atoms with Crippen LogP contribution in [0.25, 0.3) is 0 Å². The van der Waals surface area contributed by atoms with E-state index >= 15 is 0 Å². The summed E-state index contributed by atoms with van der Waals surface area (Å²) in [7, 11) is -3.36. The third kappa shape index (κ3) is 4.90. The molecular weight excluding hydrogens is 202 g/mol. The quantitative estimate of drug-likeness (QED) is 0.646. The van der Waals surface area contributed by atoms with Crippen molar-refractivity contribution in [1.29, 1.82) is 0 Å². The van der Waals surface area contributed by atoms with Gasteiger partial charge in [-0.1, -0.05) is 6.07 Å². The summed E-state index contributed by atoms with van der Waals surface area (Å²) in [6.07, 6.45) is 1.69. The normalized spacial score (nSPS) is 11.5. The summed E-state index contributed by atoms with van der Waals surface area (Å²) in [6.45, 7) is 0.895. The van der Waals surface area contributed by atoms with Crippen LogP contribution in [0.5, 0.6) is 0 Å². The average molecular weight is 215 g/mol. The molecule has 0 unspecified atom stereocenters. The highest BCUT2D eigenvalue weighted by Crippen LogP contribution is 1.91. The number of hydrogen-bond donors (Lipinski definition) is 2. The van der Waals surface area contributed by atoms with Crippen molar-refractivity contribution in [3.63, 3.8) is 0 Å². The number of pyridine rings is 1. The van der Waals surface area contributed by atoms with Gasteiger partial charge in [0, 0.05) is 19.3 Å². The van der Waals surface area contributed by atoms with Crippen LogP contribution in [0.3, 0.4) is 0 Å². The molecule has 0 amide bonds. The van der Waals surface area contributed by atoms with E-state index in [1.807, 2.05) is 18.2 Å². The SMILES string of the molecule is NS(=O)(=O)CCNCc1ccccn1. The summed E-state index contributed by atoms with van der Waals surface area (Å²) in [4.78, 5) is 4.07. The van der Waals surface area contributed by atoms with E-state index < -0.39 is 10.0 Å². The van der Waals surface area contributed by atoms with E-state index in [1.54, 1.807) is 6.20 Å². The number of sulfonamides is 1. The predicted molar refractivity (Wildman–Crippen MR) is 53.9 cm³/mol. The van der Waals surface area contributed by atoms with Crippen LogP contribution in [0.1, 0.15) is 5.69 Å². The van der Waals surface area contributed by atoms with Crippen LogP contribution in [-0.2, 0) is 16.6 Å². The molecule has 0 aromatic carbocycles. The molecule has 0 fully saturated rings. The molecule has 0 aliphatic heterocycles. The van der Waals surface area contributed by atoms with Crippen molar-refractivity contribution in [3.8, 4) is 0 Å². The number of rotatable bonds is 5. The second-order valence-electron chi connectivity index (χ2n) is 2.86. The Morgan fingerprint density at radius 3 is 2.79 bits per heavy atom. The van der Waals surface area contributed by atoms with Crippen molar-refractivity contribution in [3.05, 3.63) is 30.1 Å². The lowest BCUT2D eigenvalue weighted by molar-refractivity contribution is 0.592. The monoisotopic (exact) mass is 215 g/mol. The zero-order chi connectivity index (χ0) is 10.4. The van der Waals surface area contributed by atoms with Crippen LogP contribution in [0.4, 0.5) is 0 Å². The lowest BCUT2D eigenvalue weighted by Gasteiger charge is -2.02. The summed E-state index contributed by atoms with van der Waals surface area (Å²) >= 11 is 0. The molecule has 1 rings (SSSR count). The first kappa shape index (κ1) is 11.1. The second kappa shape index (κ2) is 5.04. The van der Waals surface area contributed by atoms with E-state index in [0.29, 0.717) is 13.1 Å². The molecule has 0 saturated carbocycles. The average Bonchev–Trinajstić information content (AvgIpc) is 2.13. The Balaban J connectivity index is 2.23. The molecule has 0 aliphatic rings. The van der Waals surface area contributed by atoms with Gasteiger partial charge in [-0.2, -0.15) is 0 Å². The lowest BCUT2D eigenvalue weighted by Crippen LogP contribution is -2.27. The second-order valence-corrected chi connectivity index (χ2v) is 4.60. The Morgan fingerprint density at radius 2 is 2.21 bits per heavy atom. The maximum Gasteiger partial charge on any atom is 0.210 e. The first-order chi connectivity index (χ1) is 6.58. The Kier molecular flexibility index (Phi) is 3.99. The number of primary sulfonamides is 1. The Morgan fingerprint density at radius 1 is 1.43 bits per heavy atom. The van der Waals surface area contributed by atoms with Crippen LogP contribution in [0.15, 0.2) is 24.4 Å². The Hall–Kier alpha value is -0.980. The van der Waals surface area contributed by atoms with E-state index in [1.165, 1.54) is 0 Å². The number of nitrogens with two attached hydrogens (primary N) is 1. The standard InChI is InChI=1S/C8H13N3O2S/c9-14(12,13)6-5-10-7-8-3-1-2-4-11-8/h1-4,10H,5-7H2,(H2,9,12,13). The molecule has 1 heterocycles. The zero-order valence-corrected chi connectivity index (χ0v) is 8.50. The molecule has 14 heavy (non-hydrogen) atoms. The summed E-state index contributed by atoms with van der Waals surface area (Å²) < 4.78 is 21.1. The molecule has 0 spiro atoms. The van der Waals surface area contributed by atoms with E-state index in [4.69, 9.17) is 5.14 Å². The molecule has 1 aromatic rings. The molecule has 78 valence electrons. The van der Waals surface area contributed by atoms with E-state index in [0.717, 1.165) is 5.69 Å². The topological polar surface area (TPSA) is 85.1 Å². The number of aromatic nitrogens is 1. The molecule has 0 atom stereocenters. The molecule has 0 aliphatic carbocycles. The minimum absolute atomic E-state index is 0.0557. The van der Waals surface area contributed by atoms with Gasteiger partial charge in [-0.05, 0) is 12.1 Å². The highest BCUT2D eigenvalue weighted by molar-refractivity contribution is 7.89. The maximum atomic E-state index is 10.6. The van der Waals surface area contributed by atoms with Crippen molar-refractivity contribution in [2.24, 2.45) is 5.14 Å². The highest BCUT2D eigenvalue weighted by Gasteiger charge is 2.00. The van der Waals surface area contributed by atoms with E-state index in [9.17, 15) is 8.42 Å². The van der Waals surface area contributed by atoms with Gasteiger partial charge in [0.1, 0.15) is 0 Å². The largest absolute Gasteiger partial charge is 0.310 e. The van der Waals surface area contributed by atoms with E-state index in [2.05, 4.69) is 10.3 Å². The molecule has 0 saturated heterocycles. The molecule has 0 bridgehead atoms. The van der Waals surface area contributed by atoms with Crippen molar-refractivity contribution in [2.75, 3.05) is 12.3 Å². The third-order valence-corrected chi connectivity index (χ3v) is 2.37. The van der Waals surface area contributed by atoms with Crippen LogP contribution < -0.4 is 10.5 Å². The maximum absolute atomic E-state index is 10.6. The fourth-order valence-electron chi connectivity index (χ4n) is 0.934. The van der Waals surface area contributed by atoms with Crippen molar-refractivity contribution in [1.82, 2.24) is 10.3 Å². The minimum Gasteiger partial charge on any atom is -0.310 e. The van der Waals surface area contributed by atoms with Gasteiger partial charge in [0.2, 0.25) is 10.0 Å². The smallest absolute Gasteiger partial charge is 0.210 e. The molecule has 6 heteroatoms. The van der Waals surface area contributed by atoms with E-state index in [-0.39, 0.29) is 5.75 Å². The predicted octanol–water partition coefficient (Wildman–Crippen LogP) is -0.540. The van der Waals surface area contributed by atoms with Gasteiger partial charge < -0.3 is 5.32 Å². The number of nitrogens with zero attached hydrogens (tertiary/aromatic N) is 1. The molecule has 5 nitrogen and oxygen atoms in total. The fraction of sp³-hybridized carbons (Fsp3) is 0.375. The summed E-state index contributed by atoms with van der Waals surface area (Å²) in [6, 6.07) is 5.57. The highest BCUT2D eigenvalue weighted by atomic mass is 32.2. The number of nitrogens with one attached hydrogen (secondary N) is 1. The molecule has 3 N–H and O–H groups in total. The summed E-state index contributed by atoms with van der Waals surface area (Å²) in [5, 5.41) is 7.77. The lowest BCUT2D eigenvalue weighted by atomic mass is 10.3. The summed E-state index contributed by atoms with van der Waals surface area (Å²) in [5.74, 6) is -0.0557. The van der Waals surface area contributed by atoms with Gasteiger partial charge >= 0.3 is 0 Å². The Labute approximate surface area is 83.4 Å². The van der Waals surface area contributed by atoms with Crippen LogP contribution in [0, 0.1) is 0 Å². The van der Waals surface area contributed by atoms with Crippen molar-refractivity contribution in [2.45, 2.75) is 6.54 Å².